The van der Waals surface area contributed by atoms with E-state index in [0.29, 0.717) is 0 Å². The number of nitrogens with two attached hydrogens (primary N) is 1. The van der Waals surface area contributed by atoms with Crippen molar-refractivity contribution in [1.29, 1.82) is 0 Å². The number of hydrogen-bond acceptors (Lipinski definition) is 3. The molecule has 0 spiro atoms. The lowest BCUT2D eigenvalue weighted by Crippen LogP contribution is -2.58. The van der Waals surface area contributed by atoms with Crippen molar-refractivity contribution in [3.05, 3.63) is 0 Å². The Hall–Kier alpha value is -0.120. The number of ether oxygens (including phenoxy) is 1. The monoisotopic (exact) mass is 226 g/mol. The molecule has 2 unspecified atom stereocenters. The molecule has 2 fully saturated rings. The molecule has 3 heteroatoms. The van der Waals surface area contributed by atoms with Crippen LogP contribution in [0.3, 0.4) is 0 Å². The van der Waals surface area contributed by atoms with Crippen LogP contribution in [0.2, 0.25) is 0 Å². The normalized spacial score (nSPS) is 40.1. The molecule has 94 valence electrons. The maximum Gasteiger partial charge on any atom is 0.0789 e. The SMILES string of the molecule is CC1(CN2CCCC2)CCC(N)C(C)(C)O1. The fraction of sp³-hybridized carbons (Fsp3) is 1.00. The molecule has 0 amide bonds. The Bertz CT molecular complexity index is 248. The highest BCUT2D eigenvalue weighted by Gasteiger charge is 2.42. The second-order valence-electron chi connectivity index (χ2n) is 6.28. The van der Waals surface area contributed by atoms with Crippen LogP contribution in [0.4, 0.5) is 0 Å². The first-order valence-electron chi connectivity index (χ1n) is 6.59. The third-order valence-corrected chi connectivity index (χ3v) is 4.14. The van der Waals surface area contributed by atoms with Gasteiger partial charge < -0.3 is 15.4 Å². The molecule has 3 nitrogen and oxygen atoms in total. The number of nitrogens with zero attached hydrogens (tertiary/aromatic N) is 1. The molecule has 2 rings (SSSR count). The van der Waals surface area contributed by atoms with Gasteiger partial charge in [0.05, 0.1) is 11.2 Å². The van der Waals surface area contributed by atoms with Crippen molar-refractivity contribution < 1.29 is 4.74 Å². The van der Waals surface area contributed by atoms with Crippen LogP contribution in [0.25, 0.3) is 0 Å². The molecule has 0 aromatic heterocycles. The highest BCUT2D eigenvalue weighted by Crippen LogP contribution is 2.35. The standard InChI is InChI=1S/C13H26N2O/c1-12(2)11(14)6-7-13(3,16-12)10-15-8-4-5-9-15/h11H,4-10,14H2,1-3H3. The summed E-state index contributed by atoms with van der Waals surface area (Å²) >= 11 is 0. The van der Waals surface area contributed by atoms with Gasteiger partial charge in [-0.25, -0.2) is 0 Å². The summed E-state index contributed by atoms with van der Waals surface area (Å²) in [5.41, 5.74) is 5.93. The molecular formula is C13H26N2O. The summed E-state index contributed by atoms with van der Waals surface area (Å²) in [5, 5.41) is 0. The Morgan fingerprint density at radius 1 is 1.25 bits per heavy atom. The van der Waals surface area contributed by atoms with Crippen LogP contribution in [-0.2, 0) is 4.74 Å². The van der Waals surface area contributed by atoms with Crippen molar-refractivity contribution in [3.8, 4) is 0 Å². The molecule has 16 heavy (non-hydrogen) atoms. The van der Waals surface area contributed by atoms with Crippen LogP contribution in [0.15, 0.2) is 0 Å². The molecule has 0 saturated carbocycles. The van der Waals surface area contributed by atoms with Crippen LogP contribution in [0.1, 0.15) is 46.5 Å². The van der Waals surface area contributed by atoms with Crippen molar-refractivity contribution in [2.45, 2.75) is 63.7 Å². The van der Waals surface area contributed by atoms with Gasteiger partial charge >= 0.3 is 0 Å². The summed E-state index contributed by atoms with van der Waals surface area (Å²) in [6.07, 6.45) is 4.86. The molecule has 2 saturated heterocycles. The van der Waals surface area contributed by atoms with Crippen molar-refractivity contribution >= 4 is 0 Å². The molecular weight excluding hydrogens is 200 g/mol. The summed E-state index contributed by atoms with van der Waals surface area (Å²) in [7, 11) is 0. The quantitative estimate of drug-likeness (QED) is 0.779. The van der Waals surface area contributed by atoms with Gasteiger partial charge in [0.2, 0.25) is 0 Å². The second-order valence-corrected chi connectivity index (χ2v) is 6.28. The van der Waals surface area contributed by atoms with Gasteiger partial charge in [-0.2, -0.15) is 0 Å². The molecule has 2 atom stereocenters. The van der Waals surface area contributed by atoms with Crippen LogP contribution in [0.5, 0.6) is 0 Å². The minimum absolute atomic E-state index is 0.00368. The van der Waals surface area contributed by atoms with Crippen molar-refractivity contribution in [1.82, 2.24) is 4.90 Å². The first-order valence-corrected chi connectivity index (χ1v) is 6.59. The third-order valence-electron chi connectivity index (χ3n) is 4.14. The first-order chi connectivity index (χ1) is 7.41. The van der Waals surface area contributed by atoms with Crippen LogP contribution in [0, 0.1) is 0 Å². The Morgan fingerprint density at radius 2 is 1.88 bits per heavy atom. The number of rotatable bonds is 2. The summed E-state index contributed by atoms with van der Waals surface area (Å²) in [5.74, 6) is 0. The Kier molecular flexibility index (Phi) is 3.30. The molecule has 2 heterocycles. The molecule has 2 aliphatic heterocycles. The zero-order valence-electron chi connectivity index (χ0n) is 11.0. The molecule has 2 N–H and O–H groups in total. The smallest absolute Gasteiger partial charge is 0.0789 e. The number of likely N-dealkylation sites (tertiary alicyclic amines) is 1. The van der Waals surface area contributed by atoms with E-state index in [1.807, 2.05) is 0 Å². The van der Waals surface area contributed by atoms with E-state index in [1.165, 1.54) is 25.9 Å². The van der Waals surface area contributed by atoms with E-state index >= 15 is 0 Å². The predicted molar refractivity (Wildman–Crippen MR) is 66.5 cm³/mol. The molecule has 0 radical (unpaired) electrons. The molecule has 2 aliphatic rings. The molecule has 0 aromatic carbocycles. The summed E-state index contributed by atoms with van der Waals surface area (Å²) in [6.45, 7) is 10.1. The Morgan fingerprint density at radius 3 is 2.44 bits per heavy atom. The van der Waals surface area contributed by atoms with Gasteiger partial charge in [0.15, 0.2) is 0 Å². The van der Waals surface area contributed by atoms with E-state index in [2.05, 4.69) is 25.7 Å². The fourth-order valence-corrected chi connectivity index (χ4v) is 3.10. The van der Waals surface area contributed by atoms with Crippen molar-refractivity contribution in [2.24, 2.45) is 5.73 Å². The van der Waals surface area contributed by atoms with Gasteiger partial charge in [-0.05, 0) is 59.5 Å². The largest absolute Gasteiger partial charge is 0.366 e. The van der Waals surface area contributed by atoms with E-state index < -0.39 is 0 Å². The van der Waals surface area contributed by atoms with Crippen molar-refractivity contribution in [3.63, 3.8) is 0 Å². The Balaban J connectivity index is 1.96. The van der Waals surface area contributed by atoms with Gasteiger partial charge in [-0.3, -0.25) is 0 Å². The van der Waals surface area contributed by atoms with E-state index in [4.69, 9.17) is 10.5 Å². The predicted octanol–water partition coefficient (Wildman–Crippen LogP) is 1.76. The lowest BCUT2D eigenvalue weighted by atomic mass is 9.84. The summed E-state index contributed by atoms with van der Waals surface area (Å²) in [4.78, 5) is 2.53. The average Bonchev–Trinajstić information content (AvgIpc) is 2.63. The zero-order valence-corrected chi connectivity index (χ0v) is 11.0. The fourth-order valence-electron chi connectivity index (χ4n) is 3.10. The molecule has 0 aromatic rings. The zero-order chi connectivity index (χ0) is 11.8. The second kappa shape index (κ2) is 4.28. The van der Waals surface area contributed by atoms with Crippen LogP contribution in [-0.4, -0.2) is 41.8 Å². The average molecular weight is 226 g/mol. The third kappa shape index (κ3) is 2.58. The number of hydrogen-bond donors (Lipinski definition) is 1. The summed E-state index contributed by atoms with van der Waals surface area (Å²) < 4.78 is 6.27. The van der Waals surface area contributed by atoms with E-state index in [9.17, 15) is 0 Å². The van der Waals surface area contributed by atoms with Gasteiger partial charge in [0.25, 0.3) is 0 Å². The lowest BCUT2D eigenvalue weighted by Gasteiger charge is -2.48. The van der Waals surface area contributed by atoms with Gasteiger partial charge in [0, 0.05) is 12.6 Å². The van der Waals surface area contributed by atoms with Gasteiger partial charge in [0.1, 0.15) is 0 Å². The Labute approximate surface area is 99.3 Å². The first kappa shape index (κ1) is 12.3. The molecule has 0 aliphatic carbocycles. The van der Waals surface area contributed by atoms with E-state index in [1.54, 1.807) is 0 Å². The van der Waals surface area contributed by atoms with Gasteiger partial charge in [-0.1, -0.05) is 0 Å². The molecule has 0 bridgehead atoms. The van der Waals surface area contributed by atoms with Crippen LogP contribution < -0.4 is 5.73 Å². The minimum Gasteiger partial charge on any atom is -0.366 e. The van der Waals surface area contributed by atoms with Gasteiger partial charge in [-0.15, -0.1) is 0 Å². The van der Waals surface area contributed by atoms with E-state index in [-0.39, 0.29) is 17.2 Å². The van der Waals surface area contributed by atoms with Crippen LogP contribution >= 0.6 is 0 Å². The van der Waals surface area contributed by atoms with Crippen molar-refractivity contribution in [2.75, 3.05) is 19.6 Å². The highest BCUT2D eigenvalue weighted by molar-refractivity contribution is 4.96. The van der Waals surface area contributed by atoms with E-state index in [0.717, 1.165) is 19.4 Å². The maximum atomic E-state index is 6.27. The lowest BCUT2D eigenvalue weighted by molar-refractivity contribution is -0.180. The topological polar surface area (TPSA) is 38.5 Å². The minimum atomic E-state index is -0.174. The summed E-state index contributed by atoms with van der Waals surface area (Å²) in [6, 6.07) is 0.180. The maximum absolute atomic E-state index is 6.27. The highest BCUT2D eigenvalue weighted by atomic mass is 16.5.